The Morgan fingerprint density at radius 3 is 2.30 bits per heavy atom. The molecule has 3 atom stereocenters. The molecule has 0 heterocycles. The van der Waals surface area contributed by atoms with E-state index in [0.717, 1.165) is 25.3 Å². The van der Waals surface area contributed by atoms with E-state index < -0.39 is 82.2 Å². The molecule has 33 heavy (non-hydrogen) atoms. The molecule has 2 aliphatic carbocycles. The number of ether oxygens (including phenoxy) is 1. The molecule has 3 unspecified atom stereocenters. The molecular weight excluding hydrogens is 436 g/mol. The minimum Gasteiger partial charge on any atom is -0.507 e. The second kappa shape index (κ2) is 7.39. The first-order valence-electron chi connectivity index (χ1n) is 9.94. The van der Waals surface area contributed by atoms with Crippen LogP contribution in [0.3, 0.4) is 0 Å². The summed E-state index contributed by atoms with van der Waals surface area (Å²) in [6.07, 6.45) is -2.64. The van der Waals surface area contributed by atoms with E-state index in [0.29, 0.717) is 0 Å². The summed E-state index contributed by atoms with van der Waals surface area (Å²) in [4.78, 5) is 50.8. The number of esters is 1. The van der Waals surface area contributed by atoms with Gasteiger partial charge < -0.3 is 30.3 Å². The van der Waals surface area contributed by atoms with Crippen LogP contribution < -0.4 is 0 Å². The number of benzene rings is 2. The number of Topliss-reactive ketones (excluding diaryl/α,β-unsaturated/α-hetero) is 1. The lowest BCUT2D eigenvalue weighted by atomic mass is 9.66. The number of aromatic hydroxyl groups is 3. The lowest BCUT2D eigenvalue weighted by Gasteiger charge is -2.42. The molecule has 172 valence electrons. The van der Waals surface area contributed by atoms with Gasteiger partial charge in [0.15, 0.2) is 17.3 Å². The predicted molar refractivity (Wildman–Crippen MR) is 109 cm³/mol. The van der Waals surface area contributed by atoms with Gasteiger partial charge in [-0.05, 0) is 30.7 Å². The summed E-state index contributed by atoms with van der Waals surface area (Å²) in [5.41, 5.74) is -4.11. The molecule has 2 aromatic carbocycles. The summed E-state index contributed by atoms with van der Waals surface area (Å²) in [6, 6.07) is 3.25. The molecule has 0 spiro atoms. The van der Waals surface area contributed by atoms with E-state index >= 15 is 0 Å². The number of fused-ring (bicyclic) bond motifs is 3. The van der Waals surface area contributed by atoms with Gasteiger partial charge in [0, 0.05) is 29.5 Å². The van der Waals surface area contributed by atoms with E-state index in [1.165, 1.54) is 6.92 Å². The summed E-state index contributed by atoms with van der Waals surface area (Å²) < 4.78 is 4.79. The Labute approximate surface area is 186 Å². The third-order valence-electron chi connectivity index (χ3n) is 6.19. The molecule has 0 radical (unpaired) electrons. The van der Waals surface area contributed by atoms with Gasteiger partial charge >= 0.3 is 5.97 Å². The maximum absolute atomic E-state index is 13.2. The molecule has 0 aliphatic heterocycles. The Balaban J connectivity index is 2.03. The first-order chi connectivity index (χ1) is 15.4. The number of phenols is 3. The van der Waals surface area contributed by atoms with E-state index in [4.69, 9.17) is 4.74 Å². The number of ketones is 3. The number of hydrogen-bond acceptors (Lipinski definition) is 10. The summed E-state index contributed by atoms with van der Waals surface area (Å²) >= 11 is 0. The fraction of sp³-hybridized carbons (Fsp3) is 0.304. The van der Waals surface area contributed by atoms with E-state index in [-0.39, 0.29) is 22.3 Å². The minimum atomic E-state index is -2.07. The molecule has 10 nitrogen and oxygen atoms in total. The lowest BCUT2D eigenvalue weighted by Crippen LogP contribution is -2.47. The second-order valence-corrected chi connectivity index (χ2v) is 8.32. The molecule has 0 aromatic heterocycles. The molecule has 2 aromatic rings. The van der Waals surface area contributed by atoms with Crippen molar-refractivity contribution in [1.82, 2.24) is 0 Å². The van der Waals surface area contributed by atoms with Crippen molar-refractivity contribution in [3.05, 3.63) is 51.6 Å². The first kappa shape index (κ1) is 22.4. The van der Waals surface area contributed by atoms with Gasteiger partial charge in [0.05, 0.1) is 29.9 Å². The largest absolute Gasteiger partial charge is 0.507 e. The molecule has 0 bridgehead atoms. The average molecular weight is 456 g/mol. The third kappa shape index (κ3) is 3.10. The number of hydrogen-bond donors (Lipinski definition) is 5. The monoisotopic (exact) mass is 456 g/mol. The van der Waals surface area contributed by atoms with Gasteiger partial charge in [0.25, 0.3) is 0 Å². The standard InChI is InChI=1S/C23H20O10/c1-8(24)6-23(32)7-13(26)14-10(17(23)22(31)33-2)5-11-16(20(14)29)21(30)15-9(18(11)27)3-4-12(25)19(15)28/h3-5,13,17,25-26,28-29,32H,6-7H2,1-2H3. The molecule has 0 fully saturated rings. The number of aliphatic hydroxyl groups excluding tert-OH is 1. The molecule has 5 N–H and O–H groups in total. The van der Waals surface area contributed by atoms with Crippen LogP contribution in [0.15, 0.2) is 18.2 Å². The van der Waals surface area contributed by atoms with Crippen molar-refractivity contribution in [1.29, 1.82) is 0 Å². The Kier molecular flexibility index (Phi) is 5.03. The van der Waals surface area contributed by atoms with Crippen molar-refractivity contribution >= 4 is 23.3 Å². The highest BCUT2D eigenvalue weighted by atomic mass is 16.5. The van der Waals surface area contributed by atoms with Crippen LogP contribution in [0.25, 0.3) is 0 Å². The summed E-state index contributed by atoms with van der Waals surface area (Å²) in [5.74, 6) is -7.04. The smallest absolute Gasteiger partial charge is 0.316 e. The van der Waals surface area contributed by atoms with Gasteiger partial charge in [0.1, 0.15) is 17.5 Å². The van der Waals surface area contributed by atoms with Crippen molar-refractivity contribution < 1.29 is 49.4 Å². The number of phenolic OH excluding ortho intramolecular Hbond substituents is 3. The van der Waals surface area contributed by atoms with Crippen molar-refractivity contribution in [2.45, 2.75) is 37.4 Å². The Bertz CT molecular complexity index is 1260. The third-order valence-corrected chi connectivity index (χ3v) is 6.19. The van der Waals surface area contributed by atoms with Gasteiger partial charge in [-0.1, -0.05) is 0 Å². The number of rotatable bonds is 3. The zero-order valence-corrected chi connectivity index (χ0v) is 17.6. The summed E-state index contributed by atoms with van der Waals surface area (Å²) in [6.45, 7) is 1.19. The molecule has 2 aliphatic rings. The van der Waals surface area contributed by atoms with Crippen molar-refractivity contribution in [3.63, 3.8) is 0 Å². The van der Waals surface area contributed by atoms with Crippen LogP contribution in [0.2, 0.25) is 0 Å². The first-order valence-corrected chi connectivity index (χ1v) is 9.94. The lowest BCUT2D eigenvalue weighted by molar-refractivity contribution is -0.154. The van der Waals surface area contributed by atoms with E-state index in [9.17, 15) is 44.7 Å². The van der Waals surface area contributed by atoms with Gasteiger partial charge in [0.2, 0.25) is 5.78 Å². The van der Waals surface area contributed by atoms with E-state index in [1.54, 1.807) is 0 Å². The summed E-state index contributed by atoms with van der Waals surface area (Å²) in [5, 5.41) is 52.8. The average Bonchev–Trinajstić information content (AvgIpc) is 2.72. The number of carbonyl (C=O) groups excluding carboxylic acids is 4. The highest BCUT2D eigenvalue weighted by Gasteiger charge is 2.52. The zero-order valence-electron chi connectivity index (χ0n) is 17.6. The molecule has 0 saturated carbocycles. The van der Waals surface area contributed by atoms with Crippen LogP contribution in [0.5, 0.6) is 17.2 Å². The van der Waals surface area contributed by atoms with Crippen LogP contribution >= 0.6 is 0 Å². The molecule has 0 amide bonds. The molecule has 0 saturated heterocycles. The van der Waals surface area contributed by atoms with Gasteiger partial charge in [-0.3, -0.25) is 19.2 Å². The van der Waals surface area contributed by atoms with E-state index in [2.05, 4.69) is 0 Å². The highest BCUT2D eigenvalue weighted by Crippen LogP contribution is 2.52. The molecule has 4 rings (SSSR count). The van der Waals surface area contributed by atoms with Gasteiger partial charge in [-0.15, -0.1) is 0 Å². The van der Waals surface area contributed by atoms with Crippen LogP contribution in [0.1, 0.15) is 74.8 Å². The maximum atomic E-state index is 13.2. The quantitative estimate of drug-likeness (QED) is 0.282. The number of aliphatic hydroxyl groups is 2. The topological polar surface area (TPSA) is 179 Å². The fourth-order valence-electron chi connectivity index (χ4n) is 4.89. The van der Waals surface area contributed by atoms with Gasteiger partial charge in [-0.2, -0.15) is 0 Å². The van der Waals surface area contributed by atoms with Gasteiger partial charge in [-0.25, -0.2) is 0 Å². The van der Waals surface area contributed by atoms with Crippen molar-refractivity contribution in [2.75, 3.05) is 7.11 Å². The van der Waals surface area contributed by atoms with Crippen molar-refractivity contribution in [2.24, 2.45) is 0 Å². The van der Waals surface area contributed by atoms with Crippen molar-refractivity contribution in [3.8, 4) is 17.2 Å². The minimum absolute atomic E-state index is 0.159. The Morgan fingerprint density at radius 2 is 1.70 bits per heavy atom. The van der Waals surface area contributed by atoms with Crippen LogP contribution in [-0.2, 0) is 14.3 Å². The van der Waals surface area contributed by atoms with E-state index in [1.807, 2.05) is 0 Å². The second-order valence-electron chi connectivity index (χ2n) is 8.32. The zero-order chi connectivity index (χ0) is 24.4. The Hall–Kier alpha value is -3.76. The molecule has 10 heteroatoms. The SMILES string of the molecule is COC(=O)C1c2cc3c(c(O)c2C(O)CC1(O)CC(C)=O)C(=O)c1c(ccc(O)c1O)C3=O. The maximum Gasteiger partial charge on any atom is 0.316 e. The predicted octanol–water partition coefficient (Wildman–Crippen LogP) is 0.983. The molecular formula is C23H20O10. The summed E-state index contributed by atoms with van der Waals surface area (Å²) in [7, 11) is 1.06. The Morgan fingerprint density at radius 1 is 1.06 bits per heavy atom. The van der Waals surface area contributed by atoms with Crippen LogP contribution in [0.4, 0.5) is 0 Å². The van der Waals surface area contributed by atoms with Crippen LogP contribution in [-0.4, -0.2) is 61.6 Å². The number of carbonyl (C=O) groups is 4. The fourth-order valence-corrected chi connectivity index (χ4v) is 4.89. The van der Waals surface area contributed by atoms with Crippen LogP contribution in [0, 0.1) is 0 Å². The number of methoxy groups -OCH3 is 1. The normalized spacial score (nSPS) is 23.4. The highest BCUT2D eigenvalue weighted by molar-refractivity contribution is 6.30.